The Morgan fingerprint density at radius 1 is 0.269 bits per heavy atom. The minimum absolute atomic E-state index is 0.277. The van der Waals surface area contributed by atoms with Crippen molar-refractivity contribution in [2.45, 2.75) is 0 Å². The summed E-state index contributed by atoms with van der Waals surface area (Å²) in [5.74, 6) is 0.554. The van der Waals surface area contributed by atoms with Crippen LogP contribution in [0.4, 0.5) is 0 Å². The molecule has 2 nitrogen and oxygen atoms in total. The van der Waals surface area contributed by atoms with Crippen molar-refractivity contribution in [1.82, 2.24) is 0 Å². The van der Waals surface area contributed by atoms with Crippen LogP contribution in [0.3, 0.4) is 0 Å². The van der Waals surface area contributed by atoms with E-state index in [1.807, 2.05) is 24.3 Å². The maximum Gasteiger partial charge on any atom is 0.115 e. The molecule has 0 radical (unpaired) electrons. The van der Waals surface area contributed by atoms with E-state index in [4.69, 9.17) is 0 Å². The maximum atomic E-state index is 9.40. The van der Waals surface area contributed by atoms with Crippen LogP contribution in [0.5, 0.6) is 11.5 Å². The van der Waals surface area contributed by atoms with Gasteiger partial charge in [0.15, 0.2) is 0 Å². The molecule has 0 unspecified atom stereocenters. The average molecular weight is 338 g/mol. The molecule has 0 aliphatic heterocycles. The zero-order valence-corrected chi connectivity index (χ0v) is 14.1. The van der Waals surface area contributed by atoms with E-state index in [0.717, 1.165) is 33.4 Å². The highest BCUT2D eigenvalue weighted by atomic mass is 16.3. The van der Waals surface area contributed by atoms with Crippen molar-refractivity contribution in [2.75, 3.05) is 0 Å². The van der Waals surface area contributed by atoms with Gasteiger partial charge < -0.3 is 10.2 Å². The standard InChI is InChI=1S/C24H18O2/c25-23-13-9-21(10-14-23)19-5-1-17(2-6-19)18-3-7-20(8-4-18)22-11-15-24(26)16-12-22/h1-16,25-26H. The Bertz CT molecular complexity index is 911. The van der Waals surface area contributed by atoms with Gasteiger partial charge in [-0.15, -0.1) is 0 Å². The summed E-state index contributed by atoms with van der Waals surface area (Å²) in [6.45, 7) is 0. The summed E-state index contributed by atoms with van der Waals surface area (Å²) >= 11 is 0. The third-order valence-corrected chi connectivity index (χ3v) is 4.50. The summed E-state index contributed by atoms with van der Waals surface area (Å²) in [7, 11) is 0. The van der Waals surface area contributed by atoms with E-state index in [0.29, 0.717) is 0 Å². The van der Waals surface area contributed by atoms with E-state index in [9.17, 15) is 10.2 Å². The van der Waals surface area contributed by atoms with Crippen LogP contribution < -0.4 is 0 Å². The topological polar surface area (TPSA) is 40.5 Å². The summed E-state index contributed by atoms with van der Waals surface area (Å²) < 4.78 is 0. The summed E-state index contributed by atoms with van der Waals surface area (Å²) in [5, 5.41) is 18.8. The number of phenolic OH excluding ortho intramolecular Hbond substituents is 2. The molecule has 0 bridgehead atoms. The summed E-state index contributed by atoms with van der Waals surface area (Å²) in [6.07, 6.45) is 0. The van der Waals surface area contributed by atoms with Crippen molar-refractivity contribution in [2.24, 2.45) is 0 Å². The predicted molar refractivity (Wildman–Crippen MR) is 106 cm³/mol. The van der Waals surface area contributed by atoms with Gasteiger partial charge in [0.05, 0.1) is 0 Å². The molecule has 0 aliphatic rings. The zero-order chi connectivity index (χ0) is 17.9. The van der Waals surface area contributed by atoms with Crippen LogP contribution >= 0.6 is 0 Å². The van der Waals surface area contributed by atoms with Gasteiger partial charge in [-0.1, -0.05) is 72.8 Å². The number of aromatic hydroxyl groups is 2. The quantitative estimate of drug-likeness (QED) is 0.474. The van der Waals surface area contributed by atoms with Crippen LogP contribution in [-0.4, -0.2) is 10.2 Å². The monoisotopic (exact) mass is 338 g/mol. The van der Waals surface area contributed by atoms with E-state index in [-0.39, 0.29) is 11.5 Å². The van der Waals surface area contributed by atoms with Crippen LogP contribution in [0.1, 0.15) is 0 Å². The number of benzene rings is 4. The van der Waals surface area contributed by atoms with Gasteiger partial charge in [0.1, 0.15) is 11.5 Å². The Labute approximate surface area is 152 Å². The Kier molecular flexibility index (Phi) is 4.16. The molecule has 4 aromatic carbocycles. The lowest BCUT2D eigenvalue weighted by molar-refractivity contribution is 0.475. The first-order valence-corrected chi connectivity index (χ1v) is 8.48. The molecule has 2 heteroatoms. The van der Waals surface area contributed by atoms with E-state index < -0.39 is 0 Å². The molecule has 0 saturated carbocycles. The van der Waals surface area contributed by atoms with Gasteiger partial charge in [-0.05, 0) is 57.6 Å². The van der Waals surface area contributed by atoms with Crippen LogP contribution in [0.15, 0.2) is 97.1 Å². The Hall–Kier alpha value is -3.52. The van der Waals surface area contributed by atoms with Crippen LogP contribution in [0, 0.1) is 0 Å². The van der Waals surface area contributed by atoms with E-state index in [2.05, 4.69) is 48.5 Å². The molecule has 0 saturated heterocycles. The van der Waals surface area contributed by atoms with Crippen molar-refractivity contribution >= 4 is 0 Å². The van der Waals surface area contributed by atoms with Gasteiger partial charge in [0, 0.05) is 0 Å². The van der Waals surface area contributed by atoms with Gasteiger partial charge >= 0.3 is 0 Å². The molecule has 26 heavy (non-hydrogen) atoms. The lowest BCUT2D eigenvalue weighted by Crippen LogP contribution is -1.82. The maximum absolute atomic E-state index is 9.40. The molecule has 4 rings (SSSR count). The Balaban J connectivity index is 1.57. The van der Waals surface area contributed by atoms with Crippen LogP contribution in [-0.2, 0) is 0 Å². The third kappa shape index (κ3) is 3.31. The van der Waals surface area contributed by atoms with Gasteiger partial charge in [-0.25, -0.2) is 0 Å². The number of rotatable bonds is 3. The van der Waals surface area contributed by atoms with Crippen molar-refractivity contribution in [3.05, 3.63) is 97.1 Å². The lowest BCUT2D eigenvalue weighted by Gasteiger charge is -2.07. The fraction of sp³-hybridized carbons (Fsp3) is 0. The molecule has 126 valence electrons. The second-order valence-electron chi connectivity index (χ2n) is 6.25. The number of hydrogen-bond acceptors (Lipinski definition) is 2. The first kappa shape index (κ1) is 16.0. The molecular weight excluding hydrogens is 320 g/mol. The highest BCUT2D eigenvalue weighted by molar-refractivity contribution is 5.73. The van der Waals surface area contributed by atoms with Crippen molar-refractivity contribution < 1.29 is 10.2 Å². The van der Waals surface area contributed by atoms with Gasteiger partial charge in [0.2, 0.25) is 0 Å². The van der Waals surface area contributed by atoms with E-state index in [1.165, 1.54) is 0 Å². The van der Waals surface area contributed by atoms with Crippen molar-refractivity contribution in [1.29, 1.82) is 0 Å². The number of phenols is 2. The molecule has 0 fully saturated rings. The second kappa shape index (κ2) is 6.77. The molecule has 0 heterocycles. The van der Waals surface area contributed by atoms with Crippen LogP contribution in [0.2, 0.25) is 0 Å². The molecule has 0 atom stereocenters. The van der Waals surface area contributed by atoms with E-state index in [1.54, 1.807) is 24.3 Å². The largest absolute Gasteiger partial charge is 0.508 e. The Morgan fingerprint density at radius 3 is 0.615 bits per heavy atom. The number of hydrogen-bond donors (Lipinski definition) is 2. The fourth-order valence-corrected chi connectivity index (χ4v) is 3.02. The van der Waals surface area contributed by atoms with Gasteiger partial charge in [0.25, 0.3) is 0 Å². The highest BCUT2D eigenvalue weighted by Crippen LogP contribution is 2.28. The zero-order valence-electron chi connectivity index (χ0n) is 14.1. The molecular formula is C24H18O2. The molecule has 0 aromatic heterocycles. The SMILES string of the molecule is Oc1ccc(-c2ccc(-c3ccc(-c4ccc(O)cc4)cc3)cc2)cc1. The smallest absolute Gasteiger partial charge is 0.115 e. The van der Waals surface area contributed by atoms with Crippen LogP contribution in [0.25, 0.3) is 33.4 Å². The minimum atomic E-state index is 0.277. The van der Waals surface area contributed by atoms with Crippen molar-refractivity contribution in [3.63, 3.8) is 0 Å². The van der Waals surface area contributed by atoms with Crippen molar-refractivity contribution in [3.8, 4) is 44.9 Å². The fourth-order valence-electron chi connectivity index (χ4n) is 3.02. The predicted octanol–water partition coefficient (Wildman–Crippen LogP) is 6.10. The lowest BCUT2D eigenvalue weighted by atomic mass is 9.98. The summed E-state index contributed by atoms with van der Waals surface area (Å²) in [4.78, 5) is 0. The third-order valence-electron chi connectivity index (χ3n) is 4.50. The molecule has 4 aromatic rings. The molecule has 2 N–H and O–H groups in total. The molecule has 0 amide bonds. The summed E-state index contributed by atoms with van der Waals surface area (Å²) in [6, 6.07) is 31.3. The van der Waals surface area contributed by atoms with E-state index >= 15 is 0 Å². The molecule has 0 aliphatic carbocycles. The van der Waals surface area contributed by atoms with Gasteiger partial charge in [-0.2, -0.15) is 0 Å². The first-order valence-electron chi connectivity index (χ1n) is 8.48. The summed E-state index contributed by atoms with van der Waals surface area (Å²) in [5.41, 5.74) is 6.72. The average Bonchev–Trinajstić information content (AvgIpc) is 2.70. The second-order valence-corrected chi connectivity index (χ2v) is 6.25. The highest BCUT2D eigenvalue weighted by Gasteiger charge is 2.02. The minimum Gasteiger partial charge on any atom is -0.508 e. The van der Waals surface area contributed by atoms with Gasteiger partial charge in [-0.3, -0.25) is 0 Å². The normalized spacial score (nSPS) is 10.6. The molecule has 0 spiro atoms. The first-order chi connectivity index (χ1) is 12.7. The Morgan fingerprint density at radius 2 is 0.423 bits per heavy atom.